The Morgan fingerprint density at radius 3 is 2.83 bits per heavy atom. The van der Waals surface area contributed by atoms with E-state index in [9.17, 15) is 18.9 Å². The van der Waals surface area contributed by atoms with Crippen LogP contribution in [0.4, 0.5) is 0 Å². The second kappa shape index (κ2) is 6.31. The summed E-state index contributed by atoms with van der Waals surface area (Å²) in [4.78, 5) is 37.9. The Kier molecular flexibility index (Phi) is 4.38. The summed E-state index contributed by atoms with van der Waals surface area (Å²) in [7, 11) is 0. The minimum absolute atomic E-state index is 0.211. The van der Waals surface area contributed by atoms with Gasteiger partial charge in [0, 0.05) is 24.1 Å². The van der Waals surface area contributed by atoms with Gasteiger partial charge < -0.3 is 15.2 Å². The molecule has 0 spiro atoms. The van der Waals surface area contributed by atoms with Crippen LogP contribution in [0.15, 0.2) is 23.1 Å². The van der Waals surface area contributed by atoms with Crippen molar-refractivity contribution in [2.24, 2.45) is 5.73 Å². The Morgan fingerprint density at radius 2 is 2.13 bits per heavy atom. The predicted octanol–water partition coefficient (Wildman–Crippen LogP) is -0.486. The number of benzene rings is 1. The maximum atomic E-state index is 12.6. The van der Waals surface area contributed by atoms with Gasteiger partial charge in [-0.05, 0) is 29.7 Å². The van der Waals surface area contributed by atoms with Crippen LogP contribution in [-0.4, -0.2) is 45.5 Å². The first-order valence-electron chi connectivity index (χ1n) is 7.38. The van der Waals surface area contributed by atoms with Gasteiger partial charge in [0.15, 0.2) is 4.90 Å². The molecule has 7 nitrogen and oxygen atoms in total. The van der Waals surface area contributed by atoms with E-state index >= 15 is 0 Å². The lowest BCUT2D eigenvalue weighted by molar-refractivity contribution is -0.136. The molecule has 0 saturated carbocycles. The van der Waals surface area contributed by atoms with Crippen molar-refractivity contribution in [3.63, 3.8) is 0 Å². The lowest BCUT2D eigenvalue weighted by atomic mass is 10.0. The van der Waals surface area contributed by atoms with Crippen LogP contribution in [0.5, 0.6) is 0 Å². The van der Waals surface area contributed by atoms with Crippen LogP contribution >= 0.6 is 0 Å². The number of carbonyl (C=O) groups excluding carboxylic acids is 3. The molecule has 3 amide bonds. The number of nitrogens with one attached hydrogen (secondary N) is 1. The molecule has 8 heteroatoms. The fraction of sp³-hybridized carbons (Fsp3) is 0.400. The van der Waals surface area contributed by atoms with Crippen molar-refractivity contribution in [1.82, 2.24) is 10.2 Å². The zero-order valence-electron chi connectivity index (χ0n) is 12.4. The summed E-state index contributed by atoms with van der Waals surface area (Å²) in [6.45, 7) is 0.522. The molecule has 23 heavy (non-hydrogen) atoms. The van der Waals surface area contributed by atoms with E-state index in [2.05, 4.69) is 5.32 Å². The monoisotopic (exact) mass is 335 g/mol. The van der Waals surface area contributed by atoms with Gasteiger partial charge in [0.1, 0.15) is 11.8 Å². The molecule has 3 rings (SSSR count). The second-order valence-corrected chi connectivity index (χ2v) is 7.06. The highest BCUT2D eigenvalue weighted by molar-refractivity contribution is 7.91. The maximum Gasteiger partial charge on any atom is 0.255 e. The van der Waals surface area contributed by atoms with Gasteiger partial charge in [0.05, 0.1) is 6.54 Å². The molecule has 1 aromatic rings. The number of carbonyl (C=O) groups is 3. The Labute approximate surface area is 136 Å². The summed E-state index contributed by atoms with van der Waals surface area (Å²) in [5, 5.41) is 2.26. The molecular weight excluding hydrogens is 318 g/mol. The van der Waals surface area contributed by atoms with Gasteiger partial charge in [-0.15, -0.1) is 0 Å². The van der Waals surface area contributed by atoms with Gasteiger partial charge in [-0.3, -0.25) is 19.7 Å². The molecule has 2 heterocycles. The van der Waals surface area contributed by atoms with Crippen molar-refractivity contribution in [2.75, 3.05) is 12.3 Å². The molecule has 2 aliphatic rings. The van der Waals surface area contributed by atoms with E-state index in [0.29, 0.717) is 34.7 Å². The molecule has 1 saturated heterocycles. The van der Waals surface area contributed by atoms with Crippen molar-refractivity contribution in [3.8, 4) is 0 Å². The fourth-order valence-electron chi connectivity index (χ4n) is 2.99. The van der Waals surface area contributed by atoms with E-state index in [-0.39, 0.29) is 24.8 Å². The third kappa shape index (κ3) is 2.85. The highest BCUT2D eigenvalue weighted by Gasteiger charge is 2.41. The number of imide groups is 1. The number of fused-ring (bicyclic) bond motifs is 1. The molecule has 0 aliphatic carbocycles. The van der Waals surface area contributed by atoms with Crippen LogP contribution in [0.1, 0.15) is 28.8 Å². The third-order valence-corrected chi connectivity index (χ3v) is 5.57. The second-order valence-electron chi connectivity index (χ2n) is 5.52. The van der Waals surface area contributed by atoms with Crippen LogP contribution in [0, 0.1) is 0 Å². The van der Waals surface area contributed by atoms with E-state index in [4.69, 9.17) is 5.73 Å². The SMILES string of the molecule is NCC[S+]([O-])c1cccc2c1CN(C1CCC(=O)NC1=O)C2=O. The molecule has 2 unspecified atom stereocenters. The minimum Gasteiger partial charge on any atom is -0.611 e. The molecule has 2 atom stereocenters. The van der Waals surface area contributed by atoms with Crippen LogP contribution in [0.25, 0.3) is 0 Å². The van der Waals surface area contributed by atoms with Crippen molar-refractivity contribution in [2.45, 2.75) is 30.3 Å². The molecule has 0 aromatic heterocycles. The highest BCUT2D eigenvalue weighted by atomic mass is 32.2. The number of hydrogen-bond acceptors (Lipinski definition) is 5. The fourth-order valence-corrected chi connectivity index (χ4v) is 4.10. The zero-order valence-corrected chi connectivity index (χ0v) is 13.2. The minimum atomic E-state index is -1.27. The topological polar surface area (TPSA) is 116 Å². The van der Waals surface area contributed by atoms with Gasteiger partial charge in [0.2, 0.25) is 11.8 Å². The van der Waals surface area contributed by atoms with E-state index in [0.717, 1.165) is 0 Å². The smallest absolute Gasteiger partial charge is 0.255 e. The molecule has 1 aromatic carbocycles. The van der Waals surface area contributed by atoms with E-state index < -0.39 is 23.1 Å². The summed E-state index contributed by atoms with van der Waals surface area (Å²) in [5.41, 5.74) is 6.62. The van der Waals surface area contributed by atoms with Crippen molar-refractivity contribution >= 4 is 28.9 Å². The molecule has 2 aliphatic heterocycles. The Hall–Kier alpha value is -1.90. The summed E-state index contributed by atoms with van der Waals surface area (Å²) in [6.07, 6.45) is 0.522. The Morgan fingerprint density at radius 1 is 1.35 bits per heavy atom. The first-order valence-corrected chi connectivity index (χ1v) is 8.70. The maximum absolute atomic E-state index is 12.6. The average molecular weight is 335 g/mol. The van der Waals surface area contributed by atoms with Crippen molar-refractivity contribution in [3.05, 3.63) is 29.3 Å². The molecule has 3 N–H and O–H groups in total. The molecule has 0 bridgehead atoms. The first-order chi connectivity index (χ1) is 11.0. The largest absolute Gasteiger partial charge is 0.611 e. The van der Waals surface area contributed by atoms with E-state index in [1.807, 2.05) is 0 Å². The number of nitrogens with two attached hydrogens (primary N) is 1. The van der Waals surface area contributed by atoms with Crippen LogP contribution < -0.4 is 11.1 Å². The summed E-state index contributed by atoms with van der Waals surface area (Å²) in [5.74, 6) is -0.712. The summed E-state index contributed by atoms with van der Waals surface area (Å²) < 4.78 is 12.3. The van der Waals surface area contributed by atoms with E-state index in [1.54, 1.807) is 18.2 Å². The van der Waals surface area contributed by atoms with Crippen molar-refractivity contribution < 1.29 is 18.9 Å². The highest BCUT2D eigenvalue weighted by Crippen LogP contribution is 2.32. The average Bonchev–Trinajstić information content (AvgIpc) is 2.85. The first kappa shape index (κ1) is 16.0. The number of hydrogen-bond donors (Lipinski definition) is 2. The van der Waals surface area contributed by atoms with Gasteiger partial charge in [0.25, 0.3) is 5.91 Å². The quantitative estimate of drug-likeness (QED) is 0.569. The van der Waals surface area contributed by atoms with E-state index in [1.165, 1.54) is 4.90 Å². The standard InChI is InChI=1S/C15H17N3O4S/c16-6-7-23(22)12-3-1-2-9-10(12)8-18(15(9)21)11-4-5-13(19)17-14(11)20/h1-3,11H,4-8,16H2,(H,17,19,20). The number of piperidine rings is 1. The number of rotatable bonds is 4. The van der Waals surface area contributed by atoms with Gasteiger partial charge in [-0.2, -0.15) is 0 Å². The Bertz CT molecular complexity index is 679. The number of nitrogens with zero attached hydrogens (tertiary/aromatic N) is 1. The molecule has 122 valence electrons. The molecule has 1 fully saturated rings. The number of amides is 3. The predicted molar refractivity (Wildman–Crippen MR) is 82.8 cm³/mol. The lowest BCUT2D eigenvalue weighted by Gasteiger charge is -2.29. The normalized spacial score (nSPS) is 22.1. The van der Waals surface area contributed by atoms with Gasteiger partial charge >= 0.3 is 0 Å². The van der Waals surface area contributed by atoms with Crippen LogP contribution in [0.2, 0.25) is 0 Å². The van der Waals surface area contributed by atoms with Gasteiger partial charge in [-0.25, -0.2) is 0 Å². The molecular formula is C15H17N3O4S. The lowest BCUT2D eigenvalue weighted by Crippen LogP contribution is -2.52. The van der Waals surface area contributed by atoms with Crippen molar-refractivity contribution in [1.29, 1.82) is 0 Å². The Balaban J connectivity index is 1.88. The third-order valence-electron chi connectivity index (χ3n) is 4.09. The summed E-state index contributed by atoms with van der Waals surface area (Å²) >= 11 is -1.27. The zero-order chi connectivity index (χ0) is 16.6. The van der Waals surface area contributed by atoms with Crippen LogP contribution in [0.3, 0.4) is 0 Å². The molecule has 0 radical (unpaired) electrons. The van der Waals surface area contributed by atoms with Gasteiger partial charge in [-0.1, -0.05) is 6.07 Å². The van der Waals surface area contributed by atoms with Crippen LogP contribution in [-0.2, 0) is 27.3 Å². The summed E-state index contributed by atoms with van der Waals surface area (Å²) in [6, 6.07) is 4.43.